The number of esters is 1. The van der Waals surface area contributed by atoms with Crippen molar-refractivity contribution in [3.63, 3.8) is 0 Å². The van der Waals surface area contributed by atoms with Gasteiger partial charge < -0.3 is 15.0 Å². The molecule has 0 saturated carbocycles. The fourth-order valence-corrected chi connectivity index (χ4v) is 3.91. The second kappa shape index (κ2) is 7.31. The van der Waals surface area contributed by atoms with Crippen LogP contribution < -0.4 is 15.1 Å². The van der Waals surface area contributed by atoms with E-state index in [4.69, 9.17) is 4.74 Å². The molecule has 0 unspecified atom stereocenters. The van der Waals surface area contributed by atoms with E-state index in [1.807, 2.05) is 18.2 Å². The first kappa shape index (κ1) is 17.4. The Hall–Kier alpha value is -3.02. The topological polar surface area (TPSA) is 61.9 Å². The molecule has 2 aliphatic heterocycles. The lowest BCUT2D eigenvalue weighted by atomic mass is 10.1. The van der Waals surface area contributed by atoms with Crippen LogP contribution in [0.15, 0.2) is 48.5 Å². The van der Waals surface area contributed by atoms with Gasteiger partial charge in [0.1, 0.15) is 0 Å². The van der Waals surface area contributed by atoms with Crippen LogP contribution in [0.25, 0.3) is 0 Å². The number of hydrogen-bond acceptors (Lipinski definition) is 4. The highest BCUT2D eigenvalue weighted by Crippen LogP contribution is 2.39. The molecule has 4 rings (SSSR count). The van der Waals surface area contributed by atoms with Crippen LogP contribution in [-0.4, -0.2) is 37.7 Å². The van der Waals surface area contributed by atoms with Crippen molar-refractivity contribution >= 4 is 29.1 Å². The van der Waals surface area contributed by atoms with E-state index in [1.54, 1.807) is 36.1 Å². The van der Waals surface area contributed by atoms with Crippen molar-refractivity contribution in [1.82, 2.24) is 0 Å². The van der Waals surface area contributed by atoms with Crippen LogP contribution in [0, 0.1) is 0 Å². The minimum Gasteiger partial charge on any atom is -0.462 e. The summed E-state index contributed by atoms with van der Waals surface area (Å²) >= 11 is 0. The maximum absolute atomic E-state index is 13.0. The highest BCUT2D eigenvalue weighted by Gasteiger charge is 2.36. The van der Waals surface area contributed by atoms with Crippen molar-refractivity contribution in [3.8, 4) is 0 Å². The predicted molar refractivity (Wildman–Crippen MR) is 106 cm³/mol. The molecule has 1 fully saturated rings. The van der Waals surface area contributed by atoms with Gasteiger partial charge in [-0.3, -0.25) is 4.90 Å². The van der Waals surface area contributed by atoms with Gasteiger partial charge in [-0.15, -0.1) is 0 Å². The number of fused-ring (bicyclic) bond motifs is 3. The maximum Gasteiger partial charge on any atom is 0.338 e. The minimum absolute atomic E-state index is 0.185. The molecule has 2 aromatic carbocycles. The Morgan fingerprint density at radius 2 is 1.96 bits per heavy atom. The Balaban J connectivity index is 1.56. The van der Waals surface area contributed by atoms with Crippen LogP contribution in [0.1, 0.15) is 30.1 Å². The van der Waals surface area contributed by atoms with Gasteiger partial charge in [0, 0.05) is 24.8 Å². The normalized spacial score (nSPS) is 17.9. The van der Waals surface area contributed by atoms with Crippen molar-refractivity contribution in [3.05, 3.63) is 54.1 Å². The first-order valence-corrected chi connectivity index (χ1v) is 9.38. The summed E-state index contributed by atoms with van der Waals surface area (Å²) < 4.78 is 5.03. The summed E-state index contributed by atoms with van der Waals surface area (Å²) in [5, 5.41) is 2.93. The third-order valence-electron chi connectivity index (χ3n) is 5.12. The molecule has 1 atom stereocenters. The summed E-state index contributed by atoms with van der Waals surface area (Å²) in [5.41, 5.74) is 3.05. The first-order valence-electron chi connectivity index (χ1n) is 9.38. The first-order chi connectivity index (χ1) is 13.2. The lowest BCUT2D eigenvalue weighted by Crippen LogP contribution is -2.49. The number of anilines is 3. The predicted octanol–water partition coefficient (Wildman–Crippen LogP) is 3.88. The fraction of sp³-hybridized carbons (Fsp3) is 0.333. The number of amides is 2. The van der Waals surface area contributed by atoms with Gasteiger partial charge in [-0.1, -0.05) is 18.2 Å². The second-order valence-electron chi connectivity index (χ2n) is 6.82. The molecule has 2 amide bonds. The zero-order valence-electron chi connectivity index (χ0n) is 15.4. The summed E-state index contributed by atoms with van der Waals surface area (Å²) in [7, 11) is 0. The third-order valence-corrected chi connectivity index (χ3v) is 5.12. The molecule has 2 aliphatic rings. The van der Waals surface area contributed by atoms with Crippen LogP contribution in [0.4, 0.5) is 21.9 Å². The Labute approximate surface area is 158 Å². The average molecular weight is 365 g/mol. The van der Waals surface area contributed by atoms with Crippen LogP contribution in [0.2, 0.25) is 0 Å². The Kier molecular flexibility index (Phi) is 4.71. The smallest absolute Gasteiger partial charge is 0.338 e. The molecule has 0 aliphatic carbocycles. The van der Waals surface area contributed by atoms with E-state index < -0.39 is 5.97 Å². The van der Waals surface area contributed by atoms with E-state index in [9.17, 15) is 9.59 Å². The molecule has 2 heterocycles. The number of rotatable bonds is 3. The molecule has 0 radical (unpaired) electrons. The number of carbonyl (C=O) groups is 2. The van der Waals surface area contributed by atoms with Crippen molar-refractivity contribution in [2.45, 2.75) is 25.8 Å². The van der Waals surface area contributed by atoms with Gasteiger partial charge in [-0.05, 0) is 50.1 Å². The average Bonchev–Trinajstić information content (AvgIpc) is 3.16. The number of nitrogens with one attached hydrogen (secondary N) is 1. The molecule has 0 spiro atoms. The van der Waals surface area contributed by atoms with Gasteiger partial charge in [0.25, 0.3) is 0 Å². The molecule has 1 saturated heterocycles. The van der Waals surface area contributed by atoms with Crippen molar-refractivity contribution in [2.24, 2.45) is 0 Å². The molecule has 0 bridgehead atoms. The number of benzene rings is 2. The number of nitrogens with zero attached hydrogens (tertiary/aromatic N) is 2. The van der Waals surface area contributed by atoms with E-state index in [-0.39, 0.29) is 6.03 Å². The summed E-state index contributed by atoms with van der Waals surface area (Å²) in [6.07, 6.45) is 2.24. The third kappa shape index (κ3) is 3.35. The Morgan fingerprint density at radius 1 is 1.15 bits per heavy atom. The lowest BCUT2D eigenvalue weighted by Gasteiger charge is -2.40. The molecule has 27 heavy (non-hydrogen) atoms. The van der Waals surface area contributed by atoms with Gasteiger partial charge in [-0.25, -0.2) is 9.59 Å². The van der Waals surface area contributed by atoms with Gasteiger partial charge in [0.15, 0.2) is 0 Å². The number of carbonyl (C=O) groups excluding carboxylic acids is 2. The van der Waals surface area contributed by atoms with Gasteiger partial charge >= 0.3 is 12.0 Å². The number of para-hydroxylation sites is 2. The molecule has 0 aromatic heterocycles. The van der Waals surface area contributed by atoms with Gasteiger partial charge in [-0.2, -0.15) is 0 Å². The largest absolute Gasteiger partial charge is 0.462 e. The summed E-state index contributed by atoms with van der Waals surface area (Å²) in [5.74, 6) is -0.390. The van der Waals surface area contributed by atoms with E-state index in [0.717, 1.165) is 30.8 Å². The highest BCUT2D eigenvalue weighted by molar-refractivity contribution is 6.05. The number of ether oxygens (including phenoxy) is 1. The van der Waals surface area contributed by atoms with E-state index >= 15 is 0 Å². The van der Waals surface area contributed by atoms with Crippen molar-refractivity contribution in [1.29, 1.82) is 0 Å². The minimum atomic E-state index is -0.390. The molecular formula is C21H23N3O3. The standard InChI is InChI=1S/C21H23N3O3/c1-2-27-20(25)15-7-5-8-16(13-15)22-21(26)24-14-17-9-6-12-23(17)18-10-3-4-11-19(18)24/h3-5,7-8,10-11,13,17H,2,6,9,12,14H2,1H3,(H,22,26)/t17-/m0/s1. The van der Waals surface area contributed by atoms with E-state index in [0.29, 0.717) is 30.4 Å². The zero-order chi connectivity index (χ0) is 18.8. The summed E-state index contributed by atoms with van der Waals surface area (Å²) in [6.45, 7) is 3.79. The molecule has 6 heteroatoms. The molecule has 6 nitrogen and oxygen atoms in total. The molecular weight excluding hydrogens is 342 g/mol. The van der Waals surface area contributed by atoms with E-state index in [1.165, 1.54) is 0 Å². The van der Waals surface area contributed by atoms with Gasteiger partial charge in [0.05, 0.1) is 23.5 Å². The number of hydrogen-bond donors (Lipinski definition) is 1. The van der Waals surface area contributed by atoms with Crippen LogP contribution in [0.3, 0.4) is 0 Å². The summed E-state index contributed by atoms with van der Waals surface area (Å²) in [4.78, 5) is 29.1. The Bertz CT molecular complexity index is 867. The van der Waals surface area contributed by atoms with Crippen LogP contribution in [0.5, 0.6) is 0 Å². The monoisotopic (exact) mass is 365 g/mol. The van der Waals surface area contributed by atoms with Crippen LogP contribution >= 0.6 is 0 Å². The van der Waals surface area contributed by atoms with Crippen molar-refractivity contribution < 1.29 is 14.3 Å². The SMILES string of the molecule is CCOC(=O)c1cccc(NC(=O)N2C[C@@H]3CCCN3c3ccccc32)c1. The van der Waals surface area contributed by atoms with Crippen molar-refractivity contribution in [2.75, 3.05) is 34.8 Å². The fourth-order valence-electron chi connectivity index (χ4n) is 3.91. The number of urea groups is 1. The molecule has 1 N–H and O–H groups in total. The second-order valence-corrected chi connectivity index (χ2v) is 6.82. The van der Waals surface area contributed by atoms with Crippen LogP contribution in [-0.2, 0) is 4.74 Å². The van der Waals surface area contributed by atoms with Gasteiger partial charge in [0.2, 0.25) is 0 Å². The molecule has 2 aromatic rings. The lowest BCUT2D eigenvalue weighted by molar-refractivity contribution is 0.0526. The highest BCUT2D eigenvalue weighted by atomic mass is 16.5. The Morgan fingerprint density at radius 3 is 2.78 bits per heavy atom. The quantitative estimate of drug-likeness (QED) is 0.839. The summed E-state index contributed by atoms with van der Waals surface area (Å²) in [6, 6.07) is 15.0. The molecule has 140 valence electrons. The zero-order valence-corrected chi connectivity index (χ0v) is 15.4. The maximum atomic E-state index is 13.0. The van der Waals surface area contributed by atoms with E-state index in [2.05, 4.69) is 16.3 Å².